The molecule has 4 aromatic rings. The van der Waals surface area contributed by atoms with Crippen LogP contribution in [0.1, 0.15) is 122 Å². The molecule has 0 saturated heterocycles. The van der Waals surface area contributed by atoms with Crippen LogP contribution in [0.3, 0.4) is 0 Å². The molecule has 0 N–H and O–H groups in total. The molecule has 3 aliphatic carbocycles. The zero-order valence-corrected chi connectivity index (χ0v) is 28.7. The number of allylic oxidation sites excluding steroid dienone is 4. The predicted molar refractivity (Wildman–Crippen MR) is 192 cm³/mol. The Labute approximate surface area is 266 Å². The molecule has 1 spiro atoms. The molecule has 3 aliphatic rings. The van der Waals surface area contributed by atoms with E-state index in [0.29, 0.717) is 11.8 Å². The monoisotopic (exact) mass is 580 g/mol. The standard InChI is InChI=1S/C44H52/c1-10-27(11-2)31-22-32(28(12-3)13-4)26-44(25-31)36-21-20-29-16-15-19-35-38(29)39(36)40-37(43(35,8)9)23-34-30(24-42(5,6)7)17-14-18-33(34)41(40)44/h14-23,25,27-28H,10-13,24,26H2,1-9H3. The SMILES string of the molecule is CCC(CC)C1=CC2(CC(C(CC)CC)=C1)c1ccc3cccc4c3c1-c1c(cc3c(CC(C)(C)C)cccc3c12)C4(C)C. The highest BCUT2D eigenvalue weighted by molar-refractivity contribution is 6.13. The minimum atomic E-state index is -0.147. The van der Waals surface area contributed by atoms with Gasteiger partial charge < -0.3 is 0 Å². The average molecular weight is 581 g/mol. The van der Waals surface area contributed by atoms with Gasteiger partial charge in [-0.2, -0.15) is 0 Å². The molecule has 0 radical (unpaired) electrons. The van der Waals surface area contributed by atoms with Crippen LogP contribution < -0.4 is 0 Å². The molecule has 0 heterocycles. The molecule has 4 aromatic carbocycles. The summed E-state index contributed by atoms with van der Waals surface area (Å²) in [6, 6.07) is 21.9. The number of hydrogen-bond acceptors (Lipinski definition) is 0. The van der Waals surface area contributed by atoms with Crippen LogP contribution in [-0.2, 0) is 17.3 Å². The van der Waals surface area contributed by atoms with Gasteiger partial charge >= 0.3 is 0 Å². The summed E-state index contributed by atoms with van der Waals surface area (Å²) in [5.74, 6) is 1.22. The van der Waals surface area contributed by atoms with Gasteiger partial charge in [-0.25, -0.2) is 0 Å². The maximum Gasteiger partial charge on any atom is 0.0443 e. The van der Waals surface area contributed by atoms with E-state index in [1.807, 2.05) is 0 Å². The summed E-state index contributed by atoms with van der Waals surface area (Å²) < 4.78 is 0. The van der Waals surface area contributed by atoms with Crippen molar-refractivity contribution in [1.82, 2.24) is 0 Å². The first-order chi connectivity index (χ1) is 21.0. The molecule has 0 saturated carbocycles. The van der Waals surface area contributed by atoms with Crippen molar-refractivity contribution in [2.75, 3.05) is 0 Å². The van der Waals surface area contributed by atoms with Crippen LogP contribution in [0.25, 0.3) is 32.7 Å². The predicted octanol–water partition coefficient (Wildman–Crippen LogP) is 12.6. The van der Waals surface area contributed by atoms with Crippen molar-refractivity contribution in [3.05, 3.63) is 106 Å². The Morgan fingerprint density at radius 3 is 2.11 bits per heavy atom. The molecule has 0 bridgehead atoms. The summed E-state index contributed by atoms with van der Waals surface area (Å²) in [4.78, 5) is 0. The lowest BCUT2D eigenvalue weighted by Crippen LogP contribution is -2.30. The van der Waals surface area contributed by atoms with E-state index >= 15 is 0 Å². The van der Waals surface area contributed by atoms with Crippen LogP contribution in [0.2, 0.25) is 0 Å². The van der Waals surface area contributed by atoms with Crippen molar-refractivity contribution in [3.63, 3.8) is 0 Å². The number of benzene rings is 4. The highest BCUT2D eigenvalue weighted by atomic mass is 14.5. The maximum absolute atomic E-state index is 2.79. The summed E-state index contributed by atoms with van der Waals surface area (Å²) in [5.41, 5.74) is 14.0. The summed E-state index contributed by atoms with van der Waals surface area (Å²) in [7, 11) is 0. The Hall–Kier alpha value is -3.12. The third-order valence-electron chi connectivity index (χ3n) is 11.8. The molecule has 1 unspecified atom stereocenters. The molecule has 0 aromatic heterocycles. The lowest BCUT2D eigenvalue weighted by molar-refractivity contribution is 0.412. The molecule has 0 fully saturated rings. The van der Waals surface area contributed by atoms with Gasteiger partial charge in [0.15, 0.2) is 0 Å². The second kappa shape index (κ2) is 10.2. The zero-order chi connectivity index (χ0) is 31.2. The lowest BCUT2D eigenvalue weighted by Gasteiger charge is -2.39. The Balaban J connectivity index is 1.68. The van der Waals surface area contributed by atoms with Crippen molar-refractivity contribution < 1.29 is 0 Å². The van der Waals surface area contributed by atoms with E-state index < -0.39 is 0 Å². The first-order valence-electron chi connectivity index (χ1n) is 17.6. The second-order valence-electron chi connectivity index (χ2n) is 16.0. The molecular formula is C44H52. The van der Waals surface area contributed by atoms with Gasteiger partial charge in [0.25, 0.3) is 0 Å². The normalized spacial score (nSPS) is 19.9. The summed E-state index contributed by atoms with van der Waals surface area (Å²) in [6.07, 6.45) is 12.4. The Kier molecular flexibility index (Phi) is 6.86. The minimum Gasteiger partial charge on any atom is -0.0657 e. The van der Waals surface area contributed by atoms with E-state index in [1.165, 1.54) is 69.5 Å². The third-order valence-corrected chi connectivity index (χ3v) is 11.8. The van der Waals surface area contributed by atoms with Gasteiger partial charge in [0, 0.05) is 10.8 Å². The lowest BCUT2D eigenvalue weighted by atomic mass is 9.64. The van der Waals surface area contributed by atoms with Crippen molar-refractivity contribution in [3.8, 4) is 11.1 Å². The van der Waals surface area contributed by atoms with Gasteiger partial charge in [-0.05, 0) is 128 Å². The maximum atomic E-state index is 2.79. The number of hydrogen-bond donors (Lipinski definition) is 0. The molecular weight excluding hydrogens is 528 g/mol. The fourth-order valence-electron chi connectivity index (χ4n) is 9.61. The van der Waals surface area contributed by atoms with E-state index in [2.05, 4.69) is 129 Å². The molecule has 0 amide bonds. The Bertz CT molecular complexity index is 1860. The van der Waals surface area contributed by atoms with E-state index in [1.54, 1.807) is 27.8 Å². The van der Waals surface area contributed by atoms with Gasteiger partial charge in [0.2, 0.25) is 0 Å². The highest BCUT2D eigenvalue weighted by Gasteiger charge is 2.50. The molecule has 228 valence electrons. The highest BCUT2D eigenvalue weighted by Crippen LogP contribution is 2.64. The first kappa shape index (κ1) is 29.6. The van der Waals surface area contributed by atoms with E-state index in [0.717, 1.165) is 12.8 Å². The van der Waals surface area contributed by atoms with E-state index in [4.69, 9.17) is 0 Å². The second-order valence-corrected chi connectivity index (χ2v) is 16.0. The average Bonchev–Trinajstić information content (AvgIpc) is 3.26. The molecule has 0 heteroatoms. The fourth-order valence-corrected chi connectivity index (χ4v) is 9.61. The van der Waals surface area contributed by atoms with Crippen LogP contribution in [0.4, 0.5) is 0 Å². The van der Waals surface area contributed by atoms with Crippen molar-refractivity contribution in [2.45, 2.75) is 112 Å². The molecule has 1 atom stereocenters. The fraction of sp³-hybridized carbons (Fsp3) is 0.455. The first-order valence-corrected chi connectivity index (χ1v) is 17.6. The molecule has 44 heavy (non-hydrogen) atoms. The summed E-state index contributed by atoms with van der Waals surface area (Å²) in [6.45, 7) is 21.7. The van der Waals surface area contributed by atoms with E-state index in [9.17, 15) is 0 Å². The zero-order valence-electron chi connectivity index (χ0n) is 28.7. The quantitative estimate of drug-likeness (QED) is 0.204. The topological polar surface area (TPSA) is 0 Å². The number of rotatable bonds is 7. The summed E-state index contributed by atoms with van der Waals surface area (Å²) >= 11 is 0. The van der Waals surface area contributed by atoms with Crippen LogP contribution >= 0.6 is 0 Å². The number of fused-ring (bicyclic) bond motifs is 4. The summed E-state index contributed by atoms with van der Waals surface area (Å²) in [5, 5.41) is 5.85. The van der Waals surface area contributed by atoms with Crippen molar-refractivity contribution in [2.24, 2.45) is 17.3 Å². The van der Waals surface area contributed by atoms with Gasteiger partial charge in [0.1, 0.15) is 0 Å². The smallest absolute Gasteiger partial charge is 0.0443 e. The molecule has 0 aliphatic heterocycles. The van der Waals surface area contributed by atoms with Crippen LogP contribution in [0.15, 0.2) is 77.9 Å². The van der Waals surface area contributed by atoms with Crippen molar-refractivity contribution in [1.29, 1.82) is 0 Å². The largest absolute Gasteiger partial charge is 0.0657 e. The van der Waals surface area contributed by atoms with Gasteiger partial charge in [-0.1, -0.05) is 129 Å². The van der Waals surface area contributed by atoms with Crippen molar-refractivity contribution >= 4 is 21.5 Å². The molecule has 0 nitrogen and oxygen atoms in total. The van der Waals surface area contributed by atoms with E-state index in [-0.39, 0.29) is 16.2 Å². The van der Waals surface area contributed by atoms with Crippen LogP contribution in [-0.4, -0.2) is 0 Å². The van der Waals surface area contributed by atoms with Gasteiger partial charge in [0.05, 0.1) is 0 Å². The molecule has 7 rings (SSSR count). The van der Waals surface area contributed by atoms with Crippen LogP contribution in [0.5, 0.6) is 0 Å². The van der Waals surface area contributed by atoms with Gasteiger partial charge in [-0.15, -0.1) is 0 Å². The third kappa shape index (κ3) is 4.08. The van der Waals surface area contributed by atoms with Crippen LogP contribution in [0, 0.1) is 17.3 Å². The van der Waals surface area contributed by atoms with Gasteiger partial charge in [-0.3, -0.25) is 0 Å². The Morgan fingerprint density at radius 2 is 1.43 bits per heavy atom. The minimum absolute atomic E-state index is 0.0750. The Morgan fingerprint density at radius 1 is 0.727 bits per heavy atom.